The van der Waals surface area contributed by atoms with E-state index in [2.05, 4.69) is 5.32 Å². The molecule has 5 nitrogen and oxygen atoms in total. The first-order chi connectivity index (χ1) is 11.2. The highest BCUT2D eigenvalue weighted by atomic mass is 32.2. The smallest absolute Gasteiger partial charge is 0.234 e. The summed E-state index contributed by atoms with van der Waals surface area (Å²) in [7, 11) is 3.22. The number of anilines is 1. The van der Waals surface area contributed by atoms with Crippen molar-refractivity contribution >= 4 is 23.4 Å². The second-order valence-corrected chi connectivity index (χ2v) is 5.99. The SMILES string of the molecule is COc1ccc(COc2ccc3c(c2)SCC(=O)N3)cc1OC. The summed E-state index contributed by atoms with van der Waals surface area (Å²) in [5, 5.41) is 2.84. The van der Waals surface area contributed by atoms with E-state index < -0.39 is 0 Å². The van der Waals surface area contributed by atoms with E-state index in [9.17, 15) is 4.79 Å². The molecule has 0 unspecified atom stereocenters. The number of nitrogens with one attached hydrogen (secondary N) is 1. The highest BCUT2D eigenvalue weighted by Crippen LogP contribution is 2.34. The summed E-state index contributed by atoms with van der Waals surface area (Å²) < 4.78 is 16.3. The lowest BCUT2D eigenvalue weighted by Gasteiger charge is -2.17. The minimum Gasteiger partial charge on any atom is -0.493 e. The van der Waals surface area contributed by atoms with Gasteiger partial charge in [-0.3, -0.25) is 4.79 Å². The molecule has 1 amide bonds. The fourth-order valence-corrected chi connectivity index (χ4v) is 3.11. The summed E-state index contributed by atoms with van der Waals surface area (Å²) >= 11 is 1.52. The maximum atomic E-state index is 11.3. The zero-order valence-corrected chi connectivity index (χ0v) is 13.7. The van der Waals surface area contributed by atoms with Crippen LogP contribution in [0.1, 0.15) is 5.56 Å². The van der Waals surface area contributed by atoms with E-state index >= 15 is 0 Å². The van der Waals surface area contributed by atoms with Crippen LogP contribution in [-0.2, 0) is 11.4 Å². The molecule has 0 atom stereocenters. The van der Waals surface area contributed by atoms with Crippen LogP contribution in [-0.4, -0.2) is 25.9 Å². The standard InChI is InChI=1S/C17H17NO4S/c1-20-14-6-3-11(7-15(14)21-2)9-22-12-4-5-13-16(8-12)23-10-17(19)18-13/h3-8H,9-10H2,1-2H3,(H,18,19). The lowest BCUT2D eigenvalue weighted by molar-refractivity contribution is -0.113. The number of rotatable bonds is 5. The third kappa shape index (κ3) is 3.53. The van der Waals surface area contributed by atoms with Crippen LogP contribution in [0.15, 0.2) is 41.3 Å². The summed E-state index contributed by atoms with van der Waals surface area (Å²) in [4.78, 5) is 12.4. The Kier molecular flexibility index (Phi) is 4.62. The van der Waals surface area contributed by atoms with Crippen LogP contribution in [0.25, 0.3) is 0 Å². The van der Waals surface area contributed by atoms with Crippen molar-refractivity contribution in [1.29, 1.82) is 0 Å². The van der Waals surface area contributed by atoms with Crippen molar-refractivity contribution in [2.75, 3.05) is 25.3 Å². The van der Waals surface area contributed by atoms with E-state index in [4.69, 9.17) is 14.2 Å². The first kappa shape index (κ1) is 15.6. The molecule has 0 saturated heterocycles. The van der Waals surface area contributed by atoms with Crippen LogP contribution < -0.4 is 19.5 Å². The molecular formula is C17H17NO4S. The zero-order valence-electron chi connectivity index (χ0n) is 12.9. The first-order valence-electron chi connectivity index (χ1n) is 7.10. The molecular weight excluding hydrogens is 314 g/mol. The summed E-state index contributed by atoms with van der Waals surface area (Å²) in [6.45, 7) is 0.427. The molecule has 120 valence electrons. The molecule has 6 heteroatoms. The Balaban J connectivity index is 1.70. The van der Waals surface area contributed by atoms with Crippen molar-refractivity contribution in [3.05, 3.63) is 42.0 Å². The Labute approximate surface area is 138 Å². The third-order valence-corrected chi connectivity index (χ3v) is 4.49. The fraction of sp³-hybridized carbons (Fsp3) is 0.235. The summed E-state index contributed by atoms with van der Waals surface area (Å²) in [5.74, 6) is 2.60. The molecule has 23 heavy (non-hydrogen) atoms. The first-order valence-corrected chi connectivity index (χ1v) is 8.08. The molecule has 0 fully saturated rings. The van der Waals surface area contributed by atoms with Crippen molar-refractivity contribution < 1.29 is 19.0 Å². The van der Waals surface area contributed by atoms with Gasteiger partial charge in [0.15, 0.2) is 11.5 Å². The summed E-state index contributed by atoms with van der Waals surface area (Å²) in [5.41, 5.74) is 1.83. The van der Waals surface area contributed by atoms with Gasteiger partial charge >= 0.3 is 0 Å². The van der Waals surface area contributed by atoms with Crippen LogP contribution in [0.5, 0.6) is 17.2 Å². The van der Waals surface area contributed by atoms with Crippen molar-refractivity contribution in [3.63, 3.8) is 0 Å². The maximum absolute atomic E-state index is 11.3. The van der Waals surface area contributed by atoms with Gasteiger partial charge in [-0.2, -0.15) is 0 Å². The zero-order chi connectivity index (χ0) is 16.2. The molecule has 0 aliphatic carbocycles. The maximum Gasteiger partial charge on any atom is 0.234 e. The van der Waals surface area contributed by atoms with E-state index in [0.29, 0.717) is 23.9 Å². The molecule has 3 rings (SSSR count). The third-order valence-electron chi connectivity index (χ3n) is 3.44. The van der Waals surface area contributed by atoms with Gasteiger partial charge in [-0.25, -0.2) is 0 Å². The van der Waals surface area contributed by atoms with Gasteiger partial charge in [0, 0.05) is 4.90 Å². The average Bonchev–Trinajstić information content (AvgIpc) is 2.59. The number of benzene rings is 2. The second-order valence-electron chi connectivity index (χ2n) is 4.97. The van der Waals surface area contributed by atoms with Gasteiger partial charge in [0.25, 0.3) is 0 Å². The molecule has 0 spiro atoms. The van der Waals surface area contributed by atoms with Gasteiger partial charge in [0.05, 0.1) is 25.7 Å². The van der Waals surface area contributed by atoms with Crippen LogP contribution in [0.3, 0.4) is 0 Å². The van der Waals surface area contributed by atoms with Gasteiger partial charge in [-0.15, -0.1) is 11.8 Å². The van der Waals surface area contributed by atoms with Crippen LogP contribution in [0, 0.1) is 0 Å². The Morgan fingerprint density at radius 2 is 1.91 bits per heavy atom. The van der Waals surface area contributed by atoms with Gasteiger partial charge < -0.3 is 19.5 Å². The molecule has 0 bridgehead atoms. The van der Waals surface area contributed by atoms with Gasteiger partial charge in [0.2, 0.25) is 5.91 Å². The highest BCUT2D eigenvalue weighted by molar-refractivity contribution is 8.00. The molecule has 1 aliphatic heterocycles. The number of thioether (sulfide) groups is 1. The molecule has 0 aromatic heterocycles. The number of hydrogen-bond donors (Lipinski definition) is 1. The molecule has 2 aromatic carbocycles. The van der Waals surface area contributed by atoms with Gasteiger partial charge in [-0.1, -0.05) is 6.07 Å². The monoisotopic (exact) mass is 331 g/mol. The van der Waals surface area contributed by atoms with E-state index in [1.165, 1.54) is 11.8 Å². The number of carbonyl (C=O) groups is 1. The highest BCUT2D eigenvalue weighted by Gasteiger charge is 2.15. The predicted molar refractivity (Wildman–Crippen MR) is 89.7 cm³/mol. The summed E-state index contributed by atoms with van der Waals surface area (Å²) in [6, 6.07) is 11.4. The normalized spacial score (nSPS) is 13.0. The van der Waals surface area contributed by atoms with Crippen molar-refractivity contribution in [1.82, 2.24) is 0 Å². The Morgan fingerprint density at radius 3 is 2.70 bits per heavy atom. The quantitative estimate of drug-likeness (QED) is 0.911. The number of amides is 1. The van der Waals surface area contributed by atoms with Gasteiger partial charge in [0.1, 0.15) is 12.4 Å². The Morgan fingerprint density at radius 1 is 1.09 bits per heavy atom. The van der Waals surface area contributed by atoms with E-state index in [1.807, 2.05) is 36.4 Å². The van der Waals surface area contributed by atoms with Gasteiger partial charge in [-0.05, 0) is 35.9 Å². The lowest BCUT2D eigenvalue weighted by Crippen LogP contribution is -2.18. The average molecular weight is 331 g/mol. The lowest BCUT2D eigenvalue weighted by atomic mass is 10.2. The number of ether oxygens (including phenoxy) is 3. The number of carbonyl (C=O) groups excluding carboxylic acids is 1. The fourth-order valence-electron chi connectivity index (χ4n) is 2.28. The van der Waals surface area contributed by atoms with E-state index in [-0.39, 0.29) is 5.91 Å². The van der Waals surface area contributed by atoms with E-state index in [0.717, 1.165) is 21.9 Å². The van der Waals surface area contributed by atoms with Crippen molar-refractivity contribution in [2.45, 2.75) is 11.5 Å². The minimum absolute atomic E-state index is 0.0292. The molecule has 1 N–H and O–H groups in total. The number of fused-ring (bicyclic) bond motifs is 1. The topological polar surface area (TPSA) is 56.8 Å². The van der Waals surface area contributed by atoms with Crippen molar-refractivity contribution in [3.8, 4) is 17.2 Å². The Bertz CT molecular complexity index is 733. The molecule has 1 aliphatic rings. The molecule has 1 heterocycles. The number of methoxy groups -OCH3 is 2. The van der Waals surface area contributed by atoms with Crippen LogP contribution in [0.2, 0.25) is 0 Å². The van der Waals surface area contributed by atoms with Crippen LogP contribution in [0.4, 0.5) is 5.69 Å². The Hall–Kier alpha value is -2.34. The summed E-state index contributed by atoms with van der Waals surface area (Å²) in [6.07, 6.45) is 0. The molecule has 2 aromatic rings. The van der Waals surface area contributed by atoms with Crippen LogP contribution >= 0.6 is 11.8 Å². The predicted octanol–water partition coefficient (Wildman–Crippen LogP) is 3.33. The second kappa shape index (κ2) is 6.83. The molecule has 0 radical (unpaired) electrons. The number of hydrogen-bond acceptors (Lipinski definition) is 5. The van der Waals surface area contributed by atoms with E-state index in [1.54, 1.807) is 14.2 Å². The molecule has 0 saturated carbocycles. The van der Waals surface area contributed by atoms with Crippen molar-refractivity contribution in [2.24, 2.45) is 0 Å². The largest absolute Gasteiger partial charge is 0.493 e. The minimum atomic E-state index is 0.0292.